The predicted molar refractivity (Wildman–Crippen MR) is 83.7 cm³/mol. The number of amides is 2. The quantitative estimate of drug-likeness (QED) is 0.754. The molecule has 7 heteroatoms. The Kier molecular flexibility index (Phi) is 3.97. The summed E-state index contributed by atoms with van der Waals surface area (Å²) in [5.41, 5.74) is 1.55. The van der Waals surface area contributed by atoms with E-state index < -0.39 is 0 Å². The monoisotopic (exact) mass is 317 g/mol. The van der Waals surface area contributed by atoms with Crippen molar-refractivity contribution in [2.75, 3.05) is 6.54 Å². The van der Waals surface area contributed by atoms with Crippen LogP contribution in [0, 0.1) is 0 Å². The van der Waals surface area contributed by atoms with Crippen LogP contribution in [0.15, 0.2) is 40.3 Å². The lowest BCUT2D eigenvalue weighted by Crippen LogP contribution is -2.37. The molecule has 0 aliphatic rings. The highest BCUT2D eigenvalue weighted by atomic mass is 32.1. The summed E-state index contributed by atoms with van der Waals surface area (Å²) in [6.45, 7) is 0.236. The molecule has 0 bridgehead atoms. The highest BCUT2D eigenvalue weighted by molar-refractivity contribution is 7.17. The van der Waals surface area contributed by atoms with Gasteiger partial charge < -0.3 is 19.6 Å². The zero-order valence-corrected chi connectivity index (χ0v) is 12.8. The molecular formula is C15H15N3O3S. The van der Waals surface area contributed by atoms with Crippen molar-refractivity contribution < 1.29 is 14.0 Å². The van der Waals surface area contributed by atoms with E-state index in [1.54, 1.807) is 29.7 Å². The molecular weight excluding hydrogens is 302 g/mol. The minimum absolute atomic E-state index is 0.0711. The molecule has 0 atom stereocenters. The van der Waals surface area contributed by atoms with Gasteiger partial charge >= 0.3 is 0 Å². The maximum atomic E-state index is 12.1. The van der Waals surface area contributed by atoms with Crippen LogP contribution in [0.1, 0.15) is 16.2 Å². The van der Waals surface area contributed by atoms with Crippen molar-refractivity contribution in [2.24, 2.45) is 7.05 Å². The van der Waals surface area contributed by atoms with Gasteiger partial charge in [-0.3, -0.25) is 9.59 Å². The van der Waals surface area contributed by atoms with Crippen LogP contribution in [0.2, 0.25) is 0 Å². The number of rotatable bonds is 5. The fraction of sp³-hybridized carbons (Fsp3) is 0.200. The molecule has 0 saturated carbocycles. The van der Waals surface area contributed by atoms with Gasteiger partial charge in [0.1, 0.15) is 11.5 Å². The molecule has 0 aliphatic heterocycles. The fourth-order valence-corrected chi connectivity index (χ4v) is 3.03. The van der Waals surface area contributed by atoms with E-state index in [9.17, 15) is 9.59 Å². The number of aryl methyl sites for hydroxylation is 1. The van der Waals surface area contributed by atoms with Crippen LogP contribution in [-0.4, -0.2) is 22.9 Å². The van der Waals surface area contributed by atoms with Crippen molar-refractivity contribution in [2.45, 2.75) is 6.54 Å². The van der Waals surface area contributed by atoms with E-state index in [1.165, 1.54) is 0 Å². The van der Waals surface area contributed by atoms with Gasteiger partial charge in [0.05, 0.1) is 29.6 Å². The normalized spacial score (nSPS) is 10.8. The molecule has 0 spiro atoms. The largest absolute Gasteiger partial charge is 0.467 e. The molecule has 3 heterocycles. The van der Waals surface area contributed by atoms with Crippen molar-refractivity contribution in [1.29, 1.82) is 0 Å². The van der Waals surface area contributed by atoms with Crippen LogP contribution in [-0.2, 0) is 18.4 Å². The third kappa shape index (κ3) is 2.89. The lowest BCUT2D eigenvalue weighted by atomic mass is 10.4. The third-order valence-electron chi connectivity index (χ3n) is 3.35. The Morgan fingerprint density at radius 3 is 2.91 bits per heavy atom. The molecule has 22 heavy (non-hydrogen) atoms. The standard InChI is InChI=1S/C15H15N3O3S/c1-18-11-4-6-22-13(11)7-12(18)15(20)17-9-14(19)16-8-10-3-2-5-21-10/h2-7H,8-9H2,1H3,(H,16,19)(H,17,20). The lowest BCUT2D eigenvalue weighted by molar-refractivity contribution is -0.120. The van der Waals surface area contributed by atoms with E-state index >= 15 is 0 Å². The maximum Gasteiger partial charge on any atom is 0.268 e. The number of fused-ring (bicyclic) bond motifs is 1. The molecule has 0 aromatic carbocycles. The van der Waals surface area contributed by atoms with Crippen LogP contribution in [0.4, 0.5) is 0 Å². The Labute approximate surface area is 130 Å². The molecule has 2 N–H and O–H groups in total. The number of aromatic nitrogens is 1. The smallest absolute Gasteiger partial charge is 0.268 e. The molecule has 114 valence electrons. The number of carbonyl (C=O) groups excluding carboxylic acids is 2. The summed E-state index contributed by atoms with van der Waals surface area (Å²) in [6.07, 6.45) is 1.55. The summed E-state index contributed by atoms with van der Waals surface area (Å²) >= 11 is 1.58. The number of nitrogens with zero attached hydrogens (tertiary/aromatic N) is 1. The average Bonchev–Trinajstić information content (AvgIpc) is 3.22. The average molecular weight is 317 g/mol. The maximum absolute atomic E-state index is 12.1. The van der Waals surface area contributed by atoms with Gasteiger partial charge in [0, 0.05) is 7.05 Å². The van der Waals surface area contributed by atoms with Gasteiger partial charge in [-0.25, -0.2) is 0 Å². The van der Waals surface area contributed by atoms with Gasteiger partial charge in [0.15, 0.2) is 0 Å². The Balaban J connectivity index is 1.54. The topological polar surface area (TPSA) is 76.3 Å². The Hall–Kier alpha value is -2.54. The predicted octanol–water partition coefficient (Wildman–Crippen LogP) is 1.88. The van der Waals surface area contributed by atoms with Crippen molar-refractivity contribution in [3.8, 4) is 0 Å². The van der Waals surface area contributed by atoms with Crippen molar-refractivity contribution in [3.63, 3.8) is 0 Å². The second-order valence-electron chi connectivity index (χ2n) is 4.80. The van der Waals surface area contributed by atoms with Crippen LogP contribution < -0.4 is 10.6 Å². The third-order valence-corrected chi connectivity index (χ3v) is 4.20. The molecule has 3 aromatic heterocycles. The number of carbonyl (C=O) groups is 2. The van der Waals surface area contributed by atoms with Crippen LogP contribution >= 0.6 is 11.3 Å². The highest BCUT2D eigenvalue weighted by Gasteiger charge is 2.14. The van der Waals surface area contributed by atoms with Crippen molar-refractivity contribution in [1.82, 2.24) is 15.2 Å². The lowest BCUT2D eigenvalue weighted by Gasteiger charge is -2.07. The van der Waals surface area contributed by atoms with E-state index in [4.69, 9.17) is 4.42 Å². The van der Waals surface area contributed by atoms with E-state index in [2.05, 4.69) is 10.6 Å². The number of thiophene rings is 1. The zero-order valence-electron chi connectivity index (χ0n) is 12.0. The summed E-state index contributed by atoms with van der Waals surface area (Å²) in [7, 11) is 1.83. The molecule has 6 nitrogen and oxygen atoms in total. The number of hydrogen-bond donors (Lipinski definition) is 2. The number of furan rings is 1. The molecule has 0 unspecified atom stereocenters. The molecule has 0 aliphatic carbocycles. The second kappa shape index (κ2) is 6.07. The van der Waals surface area contributed by atoms with Gasteiger partial charge in [0.2, 0.25) is 5.91 Å². The second-order valence-corrected chi connectivity index (χ2v) is 5.75. The van der Waals surface area contributed by atoms with Crippen molar-refractivity contribution >= 4 is 33.4 Å². The summed E-state index contributed by atoms with van der Waals surface area (Å²) in [4.78, 5) is 23.9. The van der Waals surface area contributed by atoms with Gasteiger partial charge in [-0.1, -0.05) is 0 Å². The first-order valence-electron chi connectivity index (χ1n) is 6.75. The number of hydrogen-bond acceptors (Lipinski definition) is 4. The minimum atomic E-state index is -0.265. The zero-order chi connectivity index (χ0) is 15.5. The first kappa shape index (κ1) is 14.4. The fourth-order valence-electron chi connectivity index (χ4n) is 2.18. The van der Waals surface area contributed by atoms with Gasteiger partial charge in [-0.2, -0.15) is 0 Å². The van der Waals surface area contributed by atoms with Crippen molar-refractivity contribution in [3.05, 3.63) is 47.4 Å². The minimum Gasteiger partial charge on any atom is -0.467 e. The molecule has 0 saturated heterocycles. The number of nitrogens with one attached hydrogen (secondary N) is 2. The summed E-state index contributed by atoms with van der Waals surface area (Å²) < 4.78 is 7.99. The summed E-state index contributed by atoms with van der Waals surface area (Å²) in [6, 6.07) is 7.32. The first-order valence-corrected chi connectivity index (χ1v) is 7.63. The Morgan fingerprint density at radius 2 is 2.18 bits per heavy atom. The van der Waals surface area contributed by atoms with Gasteiger partial charge in [0.25, 0.3) is 5.91 Å². The Morgan fingerprint density at radius 1 is 1.32 bits per heavy atom. The molecule has 2 amide bonds. The van der Waals surface area contributed by atoms with E-state index in [0.29, 0.717) is 18.0 Å². The van der Waals surface area contributed by atoms with E-state index in [1.807, 2.05) is 29.1 Å². The van der Waals surface area contributed by atoms with Crippen LogP contribution in [0.3, 0.4) is 0 Å². The summed E-state index contributed by atoms with van der Waals surface area (Å²) in [5, 5.41) is 7.28. The Bertz CT molecular complexity index is 801. The van der Waals surface area contributed by atoms with Crippen LogP contribution in [0.5, 0.6) is 0 Å². The highest BCUT2D eigenvalue weighted by Crippen LogP contribution is 2.23. The molecule has 3 aromatic rings. The molecule has 3 rings (SSSR count). The summed E-state index contributed by atoms with van der Waals surface area (Å²) in [5.74, 6) is 0.141. The first-order chi connectivity index (χ1) is 10.6. The van der Waals surface area contributed by atoms with Gasteiger partial charge in [-0.05, 0) is 29.6 Å². The SMILES string of the molecule is Cn1c(C(=O)NCC(=O)NCc2ccco2)cc2sccc21. The molecule has 0 radical (unpaired) electrons. The van der Waals surface area contributed by atoms with Gasteiger partial charge in [-0.15, -0.1) is 11.3 Å². The van der Waals surface area contributed by atoms with Crippen LogP contribution in [0.25, 0.3) is 10.2 Å². The molecule has 0 fully saturated rings. The van der Waals surface area contributed by atoms with E-state index in [0.717, 1.165) is 10.2 Å². The van der Waals surface area contributed by atoms with E-state index in [-0.39, 0.29) is 18.4 Å².